The average Bonchev–Trinajstić information content (AvgIpc) is 3.32. The molecule has 5 atom stereocenters. The molecule has 0 spiro atoms. The minimum Gasteiger partial charge on any atom is -0.462 e. The number of nitriles is 1. The smallest absolute Gasteiger partial charge is 0.417 e. The lowest BCUT2D eigenvalue weighted by molar-refractivity contribution is -0.139. The summed E-state index contributed by atoms with van der Waals surface area (Å²) in [5.41, 5.74) is 4.67. The van der Waals surface area contributed by atoms with Gasteiger partial charge in [-0.15, -0.1) is 0 Å². The number of benzene rings is 1. The van der Waals surface area contributed by atoms with E-state index in [4.69, 9.17) is 10.5 Å². The number of ether oxygens (including phenoxy) is 1. The minimum absolute atomic E-state index is 0.0498. The lowest BCUT2D eigenvalue weighted by Gasteiger charge is -2.42. The van der Waals surface area contributed by atoms with Crippen molar-refractivity contribution in [1.29, 1.82) is 5.26 Å². The molecule has 1 aliphatic carbocycles. The highest BCUT2D eigenvalue weighted by Gasteiger charge is 2.43. The van der Waals surface area contributed by atoms with Crippen LogP contribution in [-0.2, 0) is 23.8 Å². The summed E-state index contributed by atoms with van der Waals surface area (Å²) in [5, 5.41) is 9.46. The normalized spacial score (nSPS) is 25.0. The summed E-state index contributed by atoms with van der Waals surface area (Å²) in [7, 11) is 1.77. The zero-order valence-electron chi connectivity index (χ0n) is 26.4. The maximum absolute atomic E-state index is 15.6. The quantitative estimate of drug-likeness (QED) is 0.253. The Kier molecular flexibility index (Phi) is 9.64. The van der Waals surface area contributed by atoms with E-state index in [9.17, 15) is 32.0 Å². The molecule has 2 aliphatic heterocycles. The van der Waals surface area contributed by atoms with E-state index in [0.29, 0.717) is 17.1 Å². The molecule has 0 radical (unpaired) electrons. The summed E-state index contributed by atoms with van der Waals surface area (Å²) in [5.74, 6) is -4.23. The summed E-state index contributed by atoms with van der Waals surface area (Å²) in [4.78, 5) is 26.6. The summed E-state index contributed by atoms with van der Waals surface area (Å²) in [6.45, 7) is 6.70. The highest BCUT2D eigenvalue weighted by atomic mass is 19.4. The van der Waals surface area contributed by atoms with Crippen LogP contribution in [0.5, 0.6) is 6.01 Å². The first-order chi connectivity index (χ1) is 22.1. The number of halogens is 6. The Balaban J connectivity index is 1.56. The molecule has 1 amide bonds. The van der Waals surface area contributed by atoms with Crippen LogP contribution in [-0.4, -0.2) is 83.8 Å². The van der Waals surface area contributed by atoms with Crippen molar-refractivity contribution < 1.29 is 35.9 Å². The van der Waals surface area contributed by atoms with Gasteiger partial charge in [0.2, 0.25) is 0 Å². The number of hydrogen-bond acceptors (Lipinski definition) is 8. The molecule has 47 heavy (non-hydrogen) atoms. The van der Waals surface area contributed by atoms with Crippen LogP contribution in [0.25, 0.3) is 0 Å². The number of alkyl halides is 4. The number of hydrogen-bond donors (Lipinski definition) is 1. The minimum atomic E-state index is -4.83. The molecule has 1 aromatic heterocycles. The molecule has 254 valence electrons. The van der Waals surface area contributed by atoms with Gasteiger partial charge in [-0.2, -0.15) is 28.4 Å². The first-order valence-corrected chi connectivity index (χ1v) is 15.4. The van der Waals surface area contributed by atoms with Gasteiger partial charge in [0.25, 0.3) is 5.91 Å². The molecule has 15 heteroatoms. The zero-order valence-corrected chi connectivity index (χ0v) is 26.4. The largest absolute Gasteiger partial charge is 0.462 e. The van der Waals surface area contributed by atoms with Gasteiger partial charge in [0.1, 0.15) is 24.4 Å². The predicted octanol–water partition coefficient (Wildman–Crippen LogP) is 4.88. The Morgan fingerprint density at radius 3 is 2.55 bits per heavy atom. The number of carbonyl (C=O) groups is 1. The van der Waals surface area contributed by atoms with Crippen molar-refractivity contribution in [2.45, 2.75) is 69.9 Å². The third kappa shape index (κ3) is 6.83. The van der Waals surface area contributed by atoms with E-state index in [1.165, 1.54) is 11.8 Å². The molecule has 2 fully saturated rings. The second kappa shape index (κ2) is 13.2. The number of piperazine rings is 1. The van der Waals surface area contributed by atoms with Gasteiger partial charge in [0.15, 0.2) is 5.83 Å². The Morgan fingerprint density at radius 2 is 1.94 bits per heavy atom. The van der Waals surface area contributed by atoms with Crippen molar-refractivity contribution in [2.75, 3.05) is 50.5 Å². The van der Waals surface area contributed by atoms with Gasteiger partial charge in [-0.3, -0.25) is 9.69 Å². The Bertz CT molecular complexity index is 1600. The van der Waals surface area contributed by atoms with Gasteiger partial charge < -0.3 is 20.3 Å². The van der Waals surface area contributed by atoms with E-state index in [1.807, 2.05) is 15.9 Å². The van der Waals surface area contributed by atoms with Crippen LogP contribution < -0.4 is 15.4 Å². The fourth-order valence-corrected chi connectivity index (χ4v) is 7.16. The third-order valence-electron chi connectivity index (χ3n) is 9.50. The lowest BCUT2D eigenvalue weighted by atomic mass is 9.73. The van der Waals surface area contributed by atoms with Crippen LogP contribution in [0, 0.1) is 30.0 Å². The number of amides is 1. The number of likely N-dealkylation sites (tertiary alicyclic amines) is 1. The molecule has 1 unspecified atom stereocenters. The Labute approximate surface area is 269 Å². The number of likely N-dealkylation sites (N-methyl/N-ethyl adjacent to an activating group) is 1. The zero-order chi connectivity index (χ0) is 34.4. The number of aromatic nitrogens is 2. The van der Waals surface area contributed by atoms with Crippen LogP contribution in [0.2, 0.25) is 0 Å². The third-order valence-corrected chi connectivity index (χ3v) is 9.50. The molecular weight excluding hydrogens is 628 g/mol. The molecule has 3 heterocycles. The SMILES string of the molecule is C=C(F)C(=O)N1CCN(c2nc(OC[C@@H]3C[C@@H](F)CN3C)nc3c2C[C@H](C)C(c2c(F)c(N)cc(C)c2C(F)(F)F)C3)C[C@@H]1CC#N. The van der Waals surface area contributed by atoms with Crippen molar-refractivity contribution in [1.82, 2.24) is 19.8 Å². The number of nitrogen functional groups attached to an aromatic ring is 1. The number of nitrogens with two attached hydrogens (primary N) is 1. The molecule has 3 aliphatic rings. The van der Waals surface area contributed by atoms with E-state index in [1.54, 1.807) is 14.0 Å². The van der Waals surface area contributed by atoms with Gasteiger partial charge >= 0.3 is 12.2 Å². The molecule has 2 saturated heterocycles. The van der Waals surface area contributed by atoms with Crippen molar-refractivity contribution in [3.63, 3.8) is 0 Å². The molecule has 0 bridgehead atoms. The van der Waals surface area contributed by atoms with E-state index >= 15 is 4.39 Å². The van der Waals surface area contributed by atoms with Gasteiger partial charge in [0.05, 0.1) is 35.5 Å². The monoisotopic (exact) mass is 665 g/mol. The predicted molar refractivity (Wildman–Crippen MR) is 162 cm³/mol. The van der Waals surface area contributed by atoms with Gasteiger partial charge in [0, 0.05) is 43.3 Å². The van der Waals surface area contributed by atoms with Gasteiger partial charge in [-0.1, -0.05) is 13.5 Å². The Hall–Kier alpha value is -4.06. The van der Waals surface area contributed by atoms with Crippen molar-refractivity contribution >= 4 is 17.4 Å². The van der Waals surface area contributed by atoms with Crippen molar-refractivity contribution in [2.24, 2.45) is 5.92 Å². The van der Waals surface area contributed by atoms with Crippen LogP contribution in [0.4, 0.5) is 37.8 Å². The van der Waals surface area contributed by atoms with Crippen LogP contribution in [0.15, 0.2) is 18.5 Å². The second-order valence-electron chi connectivity index (χ2n) is 12.7. The van der Waals surface area contributed by atoms with Crippen molar-refractivity contribution in [3.05, 3.63) is 52.2 Å². The topological polar surface area (TPSA) is 112 Å². The highest BCUT2D eigenvalue weighted by Crippen LogP contribution is 2.47. The molecule has 9 nitrogen and oxygen atoms in total. The summed E-state index contributed by atoms with van der Waals surface area (Å²) in [6.07, 6.45) is -5.61. The summed E-state index contributed by atoms with van der Waals surface area (Å²) in [6, 6.07) is 1.96. The summed E-state index contributed by atoms with van der Waals surface area (Å²) >= 11 is 0. The van der Waals surface area contributed by atoms with Crippen molar-refractivity contribution in [3.8, 4) is 12.1 Å². The Morgan fingerprint density at radius 1 is 1.21 bits per heavy atom. The molecule has 5 rings (SSSR count). The van der Waals surface area contributed by atoms with Gasteiger partial charge in [-0.05, 0) is 56.7 Å². The standard InChI is InChI=1S/C32H37F6N7O2/c1-16-9-23-25(12-22(16)26-27(32(36,37)38)17(2)10-24(40)28(26)35)41-31(47-15-21-11-19(34)13-43(21)4)42-29(23)44-7-8-45(30(46)18(3)33)20(14-44)5-6-39/h10,16,19-22H,3,5,7-9,11-15,40H2,1-2,4H3/t16-,19+,20-,21-,22?/m0/s1. The number of nitrogens with zero attached hydrogens (tertiary/aromatic N) is 6. The van der Waals surface area contributed by atoms with Crippen LogP contribution in [0.1, 0.15) is 53.6 Å². The number of fused-ring (bicyclic) bond motifs is 1. The number of aryl methyl sites for hydroxylation is 1. The average molecular weight is 666 g/mol. The van der Waals surface area contributed by atoms with Crippen LogP contribution in [0.3, 0.4) is 0 Å². The van der Waals surface area contributed by atoms with Gasteiger partial charge in [-0.25, -0.2) is 13.2 Å². The lowest BCUT2D eigenvalue weighted by Crippen LogP contribution is -2.55. The molecule has 0 saturated carbocycles. The van der Waals surface area contributed by atoms with E-state index < -0.39 is 58.9 Å². The highest BCUT2D eigenvalue weighted by molar-refractivity contribution is 5.91. The first kappa shape index (κ1) is 34.3. The van der Waals surface area contributed by atoms with E-state index in [2.05, 4.69) is 16.5 Å². The molecule has 1 aromatic carbocycles. The molecule has 2 N–H and O–H groups in total. The summed E-state index contributed by atoms with van der Waals surface area (Å²) < 4.78 is 92.4. The number of carbonyl (C=O) groups excluding carboxylic acids is 1. The fourth-order valence-electron chi connectivity index (χ4n) is 7.16. The maximum Gasteiger partial charge on any atom is 0.417 e. The molecule has 2 aromatic rings. The number of anilines is 2. The maximum atomic E-state index is 15.6. The number of rotatable bonds is 7. The second-order valence-corrected chi connectivity index (χ2v) is 12.7. The van der Waals surface area contributed by atoms with E-state index in [0.717, 1.165) is 6.07 Å². The molecular formula is C32H37F6N7O2. The van der Waals surface area contributed by atoms with Crippen LogP contribution >= 0.6 is 0 Å². The fraction of sp³-hybridized carbons (Fsp3) is 0.562. The van der Waals surface area contributed by atoms with E-state index in [-0.39, 0.29) is 81.8 Å². The first-order valence-electron chi connectivity index (χ1n) is 15.4.